The van der Waals surface area contributed by atoms with Crippen molar-refractivity contribution in [2.45, 2.75) is 32.6 Å². The van der Waals surface area contributed by atoms with Crippen molar-refractivity contribution in [2.75, 3.05) is 0 Å². The highest BCUT2D eigenvalue weighted by Gasteiger charge is 2.27. The highest BCUT2D eigenvalue weighted by Crippen LogP contribution is 2.30. The monoisotopic (exact) mass is 268 g/mol. The standard InChI is InChI=1S/C17H20N2O/c1-13-6-5-7-14(12-13)17(20)16-10-11-19(18-16)15-8-3-2-4-9-15/h2-4,8-11,13-14H,5-7,12H2,1H3. The Kier molecular flexibility index (Phi) is 3.68. The molecule has 2 unspecified atom stereocenters. The highest BCUT2D eigenvalue weighted by atomic mass is 16.1. The average Bonchev–Trinajstić information content (AvgIpc) is 2.97. The molecule has 1 aliphatic rings. The number of ketones is 1. The molecule has 3 heteroatoms. The Morgan fingerprint density at radius 3 is 2.75 bits per heavy atom. The van der Waals surface area contributed by atoms with Crippen molar-refractivity contribution in [1.82, 2.24) is 9.78 Å². The molecule has 0 amide bonds. The van der Waals surface area contributed by atoms with Crippen LogP contribution in [-0.4, -0.2) is 15.6 Å². The van der Waals surface area contributed by atoms with E-state index >= 15 is 0 Å². The van der Waals surface area contributed by atoms with Gasteiger partial charge in [0.1, 0.15) is 5.69 Å². The fourth-order valence-electron chi connectivity index (χ4n) is 3.06. The lowest BCUT2D eigenvalue weighted by Gasteiger charge is -2.24. The van der Waals surface area contributed by atoms with E-state index in [4.69, 9.17) is 0 Å². The van der Waals surface area contributed by atoms with Gasteiger partial charge in [0.25, 0.3) is 0 Å². The molecule has 3 nitrogen and oxygen atoms in total. The Hall–Kier alpha value is -1.90. The predicted molar refractivity (Wildman–Crippen MR) is 79.0 cm³/mol. The molecule has 0 radical (unpaired) electrons. The molecule has 1 fully saturated rings. The van der Waals surface area contributed by atoms with Crippen molar-refractivity contribution in [3.8, 4) is 5.69 Å². The summed E-state index contributed by atoms with van der Waals surface area (Å²) in [6.07, 6.45) is 6.31. The predicted octanol–water partition coefficient (Wildman–Crippen LogP) is 3.88. The second-order valence-corrected chi connectivity index (χ2v) is 5.81. The van der Waals surface area contributed by atoms with Crippen LogP contribution in [0.25, 0.3) is 5.69 Å². The van der Waals surface area contributed by atoms with Crippen molar-refractivity contribution in [3.63, 3.8) is 0 Å². The lowest BCUT2D eigenvalue weighted by atomic mass is 9.79. The van der Waals surface area contributed by atoms with E-state index < -0.39 is 0 Å². The molecule has 0 saturated heterocycles. The normalized spacial score (nSPS) is 22.6. The van der Waals surface area contributed by atoms with E-state index in [9.17, 15) is 4.79 Å². The van der Waals surface area contributed by atoms with Crippen molar-refractivity contribution in [2.24, 2.45) is 11.8 Å². The van der Waals surface area contributed by atoms with Gasteiger partial charge in [0, 0.05) is 12.1 Å². The third kappa shape index (κ3) is 2.67. The van der Waals surface area contributed by atoms with Crippen LogP contribution in [0.4, 0.5) is 0 Å². The second-order valence-electron chi connectivity index (χ2n) is 5.81. The Labute approximate surface area is 119 Å². The molecule has 2 atom stereocenters. The summed E-state index contributed by atoms with van der Waals surface area (Å²) in [7, 11) is 0. The molecule has 0 N–H and O–H groups in total. The van der Waals surface area contributed by atoms with Gasteiger partial charge >= 0.3 is 0 Å². The first-order valence-corrected chi connectivity index (χ1v) is 7.39. The van der Waals surface area contributed by atoms with Crippen molar-refractivity contribution in [3.05, 3.63) is 48.3 Å². The zero-order chi connectivity index (χ0) is 13.9. The number of rotatable bonds is 3. The smallest absolute Gasteiger partial charge is 0.186 e. The van der Waals surface area contributed by atoms with E-state index in [2.05, 4.69) is 12.0 Å². The number of carbonyl (C=O) groups is 1. The second kappa shape index (κ2) is 5.61. The Morgan fingerprint density at radius 2 is 2.00 bits per heavy atom. The number of aromatic nitrogens is 2. The fraction of sp³-hybridized carbons (Fsp3) is 0.412. The maximum absolute atomic E-state index is 12.5. The molecule has 1 aromatic carbocycles. The molecule has 0 bridgehead atoms. The van der Waals surface area contributed by atoms with Crippen LogP contribution in [0.5, 0.6) is 0 Å². The van der Waals surface area contributed by atoms with Gasteiger partial charge in [-0.05, 0) is 37.0 Å². The molecule has 2 aromatic rings. The summed E-state index contributed by atoms with van der Waals surface area (Å²) in [6.45, 7) is 2.24. The fourth-order valence-corrected chi connectivity index (χ4v) is 3.06. The summed E-state index contributed by atoms with van der Waals surface area (Å²) in [6, 6.07) is 11.7. The lowest BCUT2D eigenvalue weighted by molar-refractivity contribution is 0.0862. The number of hydrogen-bond donors (Lipinski definition) is 0. The zero-order valence-electron chi connectivity index (χ0n) is 11.8. The molecule has 0 aliphatic heterocycles. The quantitative estimate of drug-likeness (QED) is 0.792. The first-order valence-electron chi connectivity index (χ1n) is 7.39. The van der Waals surface area contributed by atoms with Crippen LogP contribution < -0.4 is 0 Å². The van der Waals surface area contributed by atoms with Gasteiger partial charge in [-0.1, -0.05) is 38.0 Å². The first kappa shape index (κ1) is 13.1. The van der Waals surface area contributed by atoms with Crippen LogP contribution in [0.3, 0.4) is 0 Å². The Balaban J connectivity index is 1.78. The third-order valence-electron chi connectivity index (χ3n) is 4.17. The van der Waals surface area contributed by atoms with Crippen LogP contribution in [0, 0.1) is 11.8 Å². The summed E-state index contributed by atoms with van der Waals surface area (Å²) in [4.78, 5) is 12.5. The molecule has 104 valence electrons. The van der Waals surface area contributed by atoms with Crippen LogP contribution in [0.2, 0.25) is 0 Å². The summed E-state index contributed by atoms with van der Waals surface area (Å²) >= 11 is 0. The zero-order valence-corrected chi connectivity index (χ0v) is 11.8. The minimum Gasteiger partial charge on any atom is -0.292 e. The molecule has 1 aliphatic carbocycles. The summed E-state index contributed by atoms with van der Waals surface area (Å²) in [5, 5.41) is 4.45. The van der Waals surface area contributed by atoms with Gasteiger partial charge in [0.15, 0.2) is 5.78 Å². The summed E-state index contributed by atoms with van der Waals surface area (Å²) in [5.41, 5.74) is 1.59. The largest absolute Gasteiger partial charge is 0.292 e. The van der Waals surface area contributed by atoms with E-state index in [0.717, 1.165) is 24.9 Å². The summed E-state index contributed by atoms with van der Waals surface area (Å²) < 4.78 is 1.78. The third-order valence-corrected chi connectivity index (χ3v) is 4.17. The van der Waals surface area contributed by atoms with Crippen LogP contribution >= 0.6 is 0 Å². The van der Waals surface area contributed by atoms with Crippen LogP contribution in [0.1, 0.15) is 43.1 Å². The van der Waals surface area contributed by atoms with E-state index in [-0.39, 0.29) is 11.7 Å². The van der Waals surface area contributed by atoms with Gasteiger partial charge in [-0.15, -0.1) is 0 Å². The average molecular weight is 268 g/mol. The minimum absolute atomic E-state index is 0.165. The van der Waals surface area contributed by atoms with Gasteiger partial charge in [0.2, 0.25) is 0 Å². The van der Waals surface area contributed by atoms with E-state index in [1.165, 1.54) is 6.42 Å². The minimum atomic E-state index is 0.165. The van der Waals surface area contributed by atoms with Crippen molar-refractivity contribution >= 4 is 5.78 Å². The molecular weight excluding hydrogens is 248 g/mol. The SMILES string of the molecule is CC1CCCC(C(=O)c2ccn(-c3ccccc3)n2)C1. The van der Waals surface area contributed by atoms with E-state index in [1.54, 1.807) is 4.68 Å². The first-order chi connectivity index (χ1) is 9.74. The lowest BCUT2D eigenvalue weighted by Crippen LogP contribution is -2.22. The molecule has 1 saturated carbocycles. The Bertz CT molecular complexity index is 588. The van der Waals surface area contributed by atoms with Crippen LogP contribution in [0.15, 0.2) is 42.6 Å². The summed E-state index contributed by atoms with van der Waals surface area (Å²) in [5.74, 6) is 1.04. The number of nitrogens with zero attached hydrogens (tertiary/aromatic N) is 2. The molecular formula is C17H20N2O. The van der Waals surface area contributed by atoms with Gasteiger partial charge in [-0.3, -0.25) is 4.79 Å². The molecule has 0 spiro atoms. The van der Waals surface area contributed by atoms with Crippen LogP contribution in [-0.2, 0) is 0 Å². The molecule has 3 rings (SSSR count). The maximum Gasteiger partial charge on any atom is 0.186 e. The van der Waals surface area contributed by atoms with Gasteiger partial charge in [-0.25, -0.2) is 4.68 Å². The number of hydrogen-bond acceptors (Lipinski definition) is 2. The number of carbonyl (C=O) groups excluding carboxylic acids is 1. The van der Waals surface area contributed by atoms with Crippen molar-refractivity contribution in [1.29, 1.82) is 0 Å². The number of Topliss-reactive ketones (excluding diaryl/α,β-unsaturated/α-hetero) is 1. The van der Waals surface area contributed by atoms with Crippen molar-refractivity contribution < 1.29 is 4.79 Å². The Morgan fingerprint density at radius 1 is 1.20 bits per heavy atom. The highest BCUT2D eigenvalue weighted by molar-refractivity contribution is 5.96. The molecule has 1 aromatic heterocycles. The van der Waals surface area contributed by atoms with E-state index in [0.29, 0.717) is 11.6 Å². The topological polar surface area (TPSA) is 34.9 Å². The number of benzene rings is 1. The maximum atomic E-state index is 12.5. The molecule has 1 heterocycles. The van der Waals surface area contributed by atoms with E-state index in [1.807, 2.05) is 42.6 Å². The van der Waals surface area contributed by atoms with Gasteiger partial charge < -0.3 is 0 Å². The van der Waals surface area contributed by atoms with Gasteiger partial charge in [-0.2, -0.15) is 5.10 Å². The van der Waals surface area contributed by atoms with Gasteiger partial charge in [0.05, 0.1) is 5.69 Å². The number of para-hydroxylation sites is 1. The molecule has 20 heavy (non-hydrogen) atoms.